The number of rotatable bonds is 11. The summed E-state index contributed by atoms with van der Waals surface area (Å²) in [6.07, 6.45) is -1.20. The summed E-state index contributed by atoms with van der Waals surface area (Å²) in [7, 11) is 0. The molecule has 3 atom stereocenters. The monoisotopic (exact) mass is 398 g/mol. The third-order valence-corrected chi connectivity index (χ3v) is 2.80. The number of aliphatic imine (C=N–C) groups is 1. The van der Waals surface area contributed by atoms with E-state index in [-0.39, 0.29) is 5.57 Å². The van der Waals surface area contributed by atoms with Gasteiger partial charge in [0, 0.05) is 11.6 Å². The van der Waals surface area contributed by atoms with Crippen molar-refractivity contribution in [2.24, 2.45) is 4.99 Å². The first-order valence-corrected chi connectivity index (χ1v) is 7.97. The molecule has 3 unspecified atom stereocenters. The average molecular weight is 398 g/mol. The van der Waals surface area contributed by atoms with Gasteiger partial charge in [0.25, 0.3) is 0 Å². The minimum absolute atomic E-state index is 0.124. The lowest BCUT2D eigenvalue weighted by atomic mass is 10.3. The molecule has 0 aromatic rings. The van der Waals surface area contributed by atoms with Crippen LogP contribution in [0.3, 0.4) is 0 Å². The van der Waals surface area contributed by atoms with E-state index in [1.54, 1.807) is 0 Å². The predicted molar refractivity (Wildman–Crippen MR) is 93.5 cm³/mol. The summed E-state index contributed by atoms with van der Waals surface area (Å²) in [5.74, 6) is -2.37. The van der Waals surface area contributed by atoms with Crippen LogP contribution in [0.15, 0.2) is 29.8 Å². The molecule has 154 valence electrons. The molecule has 0 rings (SSSR count). The zero-order valence-corrected chi connectivity index (χ0v) is 15.8. The molecule has 0 heterocycles. The van der Waals surface area contributed by atoms with Gasteiger partial charge in [0.15, 0.2) is 18.4 Å². The van der Waals surface area contributed by atoms with Crippen LogP contribution in [-0.2, 0) is 38.1 Å². The number of isocyanates is 1. The lowest BCUT2D eigenvalue weighted by molar-refractivity contribution is -0.152. The van der Waals surface area contributed by atoms with Crippen molar-refractivity contribution in [3.8, 4) is 0 Å². The second-order valence-electron chi connectivity index (χ2n) is 5.36. The molecule has 0 aliphatic carbocycles. The third kappa shape index (κ3) is 10.5. The Kier molecular flexibility index (Phi) is 11.2. The molecule has 1 N–H and O–H groups in total. The van der Waals surface area contributed by atoms with Crippen LogP contribution >= 0.6 is 0 Å². The topological polar surface area (TPSA) is 147 Å². The Labute approximate surface area is 161 Å². The van der Waals surface area contributed by atoms with Crippen molar-refractivity contribution in [3.63, 3.8) is 0 Å². The first kappa shape index (κ1) is 24.5. The maximum absolute atomic E-state index is 11.9. The summed E-state index contributed by atoms with van der Waals surface area (Å²) in [5, 5.41) is 2.19. The van der Waals surface area contributed by atoms with E-state index >= 15 is 0 Å². The second-order valence-corrected chi connectivity index (χ2v) is 5.36. The van der Waals surface area contributed by atoms with Crippen molar-refractivity contribution in [2.45, 2.75) is 39.1 Å². The molecule has 0 aliphatic rings. The van der Waals surface area contributed by atoms with Crippen LogP contribution < -0.4 is 5.32 Å². The molecule has 0 aromatic carbocycles. The predicted octanol–water partition coefficient (Wildman–Crippen LogP) is 0.543. The van der Waals surface area contributed by atoms with Gasteiger partial charge in [-0.1, -0.05) is 13.2 Å². The molecule has 1 amide bonds. The normalized spacial score (nSPS) is 12.8. The van der Waals surface area contributed by atoms with E-state index in [2.05, 4.69) is 23.5 Å². The molecule has 11 heteroatoms. The van der Waals surface area contributed by atoms with Gasteiger partial charge in [0.1, 0.15) is 13.2 Å². The number of nitrogens with zero attached hydrogens (tertiary/aromatic N) is 1. The van der Waals surface area contributed by atoms with Gasteiger partial charge in [-0.3, -0.25) is 5.32 Å². The van der Waals surface area contributed by atoms with E-state index in [0.717, 1.165) is 6.08 Å². The van der Waals surface area contributed by atoms with Gasteiger partial charge in [-0.25, -0.2) is 24.0 Å². The molecule has 0 fully saturated rings. The van der Waals surface area contributed by atoms with Gasteiger partial charge < -0.3 is 18.9 Å². The number of ether oxygens (including phenoxy) is 4. The van der Waals surface area contributed by atoms with E-state index < -0.39 is 55.6 Å². The standard InChI is InChI=1S/C17H22N2O9/c1-6-14(21)25-7-13(8-26-15(22)10(2)3)28-17(24)19-12(5)27-16(23)11(4)18-9-20/h6,11-13H,1-2,7-8H2,3-5H3,(H,19,24). The summed E-state index contributed by atoms with van der Waals surface area (Å²) in [6, 6.07) is -1.09. The van der Waals surface area contributed by atoms with Gasteiger partial charge in [-0.05, 0) is 20.8 Å². The average Bonchev–Trinajstić information content (AvgIpc) is 2.62. The van der Waals surface area contributed by atoms with Crippen LogP contribution in [0.1, 0.15) is 20.8 Å². The smallest absolute Gasteiger partial charge is 0.410 e. The molecule has 0 aliphatic heterocycles. The van der Waals surface area contributed by atoms with Crippen molar-refractivity contribution < 1.29 is 42.9 Å². The number of hydrogen-bond donors (Lipinski definition) is 1. The van der Waals surface area contributed by atoms with Gasteiger partial charge in [0.05, 0.1) is 0 Å². The highest BCUT2D eigenvalue weighted by Gasteiger charge is 2.22. The highest BCUT2D eigenvalue weighted by molar-refractivity contribution is 5.87. The fourth-order valence-electron chi connectivity index (χ4n) is 1.43. The number of nitrogens with one attached hydrogen (secondary N) is 1. The Bertz CT molecular complexity index is 668. The van der Waals surface area contributed by atoms with E-state index in [0.29, 0.717) is 0 Å². The Hall–Kier alpha value is -3.46. The van der Waals surface area contributed by atoms with Crippen molar-refractivity contribution >= 4 is 30.1 Å². The van der Waals surface area contributed by atoms with Crippen LogP contribution in [0, 0.1) is 0 Å². The van der Waals surface area contributed by atoms with E-state index in [1.165, 1.54) is 26.9 Å². The minimum Gasteiger partial charge on any atom is -0.458 e. The van der Waals surface area contributed by atoms with Gasteiger partial charge in [0.2, 0.25) is 6.08 Å². The summed E-state index contributed by atoms with van der Waals surface area (Å²) < 4.78 is 19.5. The fraction of sp³-hybridized carbons (Fsp3) is 0.471. The zero-order chi connectivity index (χ0) is 21.7. The van der Waals surface area contributed by atoms with Gasteiger partial charge >= 0.3 is 24.0 Å². The van der Waals surface area contributed by atoms with E-state index in [1.807, 2.05) is 0 Å². The maximum atomic E-state index is 11.9. The third-order valence-electron chi connectivity index (χ3n) is 2.80. The van der Waals surface area contributed by atoms with Gasteiger partial charge in [-0.15, -0.1) is 0 Å². The van der Waals surface area contributed by atoms with E-state index in [4.69, 9.17) is 18.9 Å². The number of amides is 1. The molecule has 11 nitrogen and oxygen atoms in total. The highest BCUT2D eigenvalue weighted by Crippen LogP contribution is 2.02. The zero-order valence-electron chi connectivity index (χ0n) is 15.8. The molecule has 0 saturated carbocycles. The molecule has 28 heavy (non-hydrogen) atoms. The quantitative estimate of drug-likeness (QED) is 0.131. The molecule has 0 radical (unpaired) electrons. The summed E-state index contributed by atoms with van der Waals surface area (Å²) in [6.45, 7) is 9.84. The summed E-state index contributed by atoms with van der Waals surface area (Å²) in [5.41, 5.74) is 0.124. The van der Waals surface area contributed by atoms with Crippen LogP contribution in [0.5, 0.6) is 0 Å². The lowest BCUT2D eigenvalue weighted by Gasteiger charge is -2.20. The van der Waals surface area contributed by atoms with E-state index in [9.17, 15) is 24.0 Å². The summed E-state index contributed by atoms with van der Waals surface area (Å²) in [4.78, 5) is 59.4. The number of hydrogen-bond acceptors (Lipinski definition) is 10. The lowest BCUT2D eigenvalue weighted by Crippen LogP contribution is -2.41. The Morgan fingerprint density at radius 3 is 2.29 bits per heavy atom. The number of esters is 3. The fourth-order valence-corrected chi connectivity index (χ4v) is 1.43. The molecule has 0 spiro atoms. The first-order valence-electron chi connectivity index (χ1n) is 7.97. The van der Waals surface area contributed by atoms with Crippen LogP contribution in [-0.4, -0.2) is 61.7 Å². The summed E-state index contributed by atoms with van der Waals surface area (Å²) >= 11 is 0. The van der Waals surface area contributed by atoms with Crippen LogP contribution in [0.25, 0.3) is 0 Å². The molecule has 0 bridgehead atoms. The number of carbonyl (C=O) groups excluding carboxylic acids is 5. The molecular weight excluding hydrogens is 376 g/mol. The maximum Gasteiger partial charge on any atom is 0.410 e. The Balaban J connectivity index is 4.73. The number of alkyl carbamates (subject to hydrolysis) is 1. The Morgan fingerprint density at radius 2 is 1.75 bits per heavy atom. The first-order chi connectivity index (χ1) is 13.1. The second kappa shape index (κ2) is 12.8. The van der Waals surface area contributed by atoms with Gasteiger partial charge in [-0.2, -0.15) is 4.99 Å². The highest BCUT2D eigenvalue weighted by atomic mass is 16.6. The minimum atomic E-state index is -1.14. The van der Waals surface area contributed by atoms with Crippen molar-refractivity contribution in [1.29, 1.82) is 0 Å². The SMILES string of the molecule is C=CC(=O)OCC(COC(=O)C(=C)C)OC(=O)NC(C)OC(=O)C(C)N=C=O. The number of carbonyl (C=O) groups is 4. The van der Waals surface area contributed by atoms with Crippen molar-refractivity contribution in [3.05, 3.63) is 24.8 Å². The molecule has 0 saturated heterocycles. The molecule has 0 aromatic heterocycles. The van der Waals surface area contributed by atoms with Crippen LogP contribution in [0.2, 0.25) is 0 Å². The largest absolute Gasteiger partial charge is 0.458 e. The molecular formula is C17H22N2O9. The van der Waals surface area contributed by atoms with Crippen molar-refractivity contribution in [1.82, 2.24) is 5.32 Å². The van der Waals surface area contributed by atoms with Crippen LogP contribution in [0.4, 0.5) is 4.79 Å². The van der Waals surface area contributed by atoms with Crippen molar-refractivity contribution in [2.75, 3.05) is 13.2 Å². The Morgan fingerprint density at radius 1 is 1.14 bits per heavy atom.